The molecule has 0 N–H and O–H groups in total. The Morgan fingerprint density at radius 2 is 1.27 bits per heavy atom. The molecule has 0 aliphatic heterocycles. The van der Waals surface area contributed by atoms with Crippen LogP contribution in [-0.4, -0.2) is 30.4 Å². The van der Waals surface area contributed by atoms with Gasteiger partial charge in [-0.1, -0.05) is 37.6 Å². The van der Waals surface area contributed by atoms with Crippen LogP contribution in [0.1, 0.15) is 65.5 Å². The molecule has 1 unspecified atom stereocenters. The molecule has 0 fully saturated rings. The molecule has 162 valence electrons. The van der Waals surface area contributed by atoms with E-state index >= 15 is 0 Å². The summed E-state index contributed by atoms with van der Waals surface area (Å²) in [6.45, 7) is 9.82. The second-order valence-electron chi connectivity index (χ2n) is 7.19. The lowest BCUT2D eigenvalue weighted by Crippen LogP contribution is -2.17. The van der Waals surface area contributed by atoms with Crippen LogP contribution >= 0.6 is 7.14 Å². The molecule has 30 heavy (non-hydrogen) atoms. The Morgan fingerprint density at radius 1 is 0.800 bits per heavy atom. The van der Waals surface area contributed by atoms with Crippen LogP contribution in [0.5, 0.6) is 11.5 Å². The summed E-state index contributed by atoms with van der Waals surface area (Å²) < 4.78 is 25.5. The second-order valence-corrected chi connectivity index (χ2v) is 9.93. The van der Waals surface area contributed by atoms with E-state index in [4.69, 9.17) is 9.47 Å². The Kier molecular flexibility index (Phi) is 8.43. The van der Waals surface area contributed by atoms with Crippen LogP contribution in [-0.2, 0) is 4.57 Å². The number of hydrogen-bond donors (Lipinski definition) is 0. The third kappa shape index (κ3) is 4.84. The number of rotatable bonds is 11. The Hall–Kier alpha value is -2.39. The van der Waals surface area contributed by atoms with Crippen molar-refractivity contribution in [1.82, 2.24) is 0 Å². The minimum atomic E-state index is -3.95. The number of carbonyl (C=O) groups excluding carboxylic acids is 2. The van der Waals surface area contributed by atoms with Crippen LogP contribution in [0.4, 0.5) is 0 Å². The van der Waals surface area contributed by atoms with E-state index < -0.39 is 18.2 Å². The fourth-order valence-corrected chi connectivity index (χ4v) is 6.11. The molecule has 0 bridgehead atoms. The lowest BCUT2D eigenvalue weighted by atomic mass is 10.0. The van der Waals surface area contributed by atoms with E-state index in [1.165, 1.54) is 0 Å². The van der Waals surface area contributed by atoms with Gasteiger partial charge in [-0.05, 0) is 57.4 Å². The predicted octanol–water partition coefficient (Wildman–Crippen LogP) is 6.24. The van der Waals surface area contributed by atoms with E-state index in [1.807, 2.05) is 13.0 Å². The molecule has 2 aromatic rings. The summed E-state index contributed by atoms with van der Waals surface area (Å²) in [5, 5.41) is 0. The lowest BCUT2D eigenvalue weighted by molar-refractivity contribution is 0.103. The van der Waals surface area contributed by atoms with Crippen molar-refractivity contribution in [2.45, 2.75) is 47.5 Å². The standard InChI is InChI=1S/C24H31O5P/c1-6-9-16-30(27,23(25)21-17(4)12-10-13-18(21)5)24(26)22-19(28-7-2)14-11-15-20(22)29-8-3/h10-15H,6-9,16H2,1-5H3. The van der Waals surface area contributed by atoms with E-state index in [0.29, 0.717) is 47.8 Å². The zero-order valence-electron chi connectivity index (χ0n) is 18.5. The Bertz CT molecular complexity index is 920. The largest absolute Gasteiger partial charge is 0.493 e. The minimum absolute atomic E-state index is 0.0287. The quantitative estimate of drug-likeness (QED) is 0.394. The van der Waals surface area contributed by atoms with Gasteiger partial charge < -0.3 is 14.0 Å². The third-order valence-electron chi connectivity index (χ3n) is 4.98. The topological polar surface area (TPSA) is 69.7 Å². The Balaban J connectivity index is 2.69. The van der Waals surface area contributed by atoms with E-state index in [1.54, 1.807) is 58.0 Å². The molecule has 0 amide bonds. The average molecular weight is 430 g/mol. The highest BCUT2D eigenvalue weighted by Gasteiger charge is 2.43. The number of carbonyl (C=O) groups is 2. The molecule has 0 heterocycles. The highest BCUT2D eigenvalue weighted by molar-refractivity contribution is 7.95. The third-order valence-corrected chi connectivity index (χ3v) is 7.68. The zero-order chi connectivity index (χ0) is 22.3. The van der Waals surface area contributed by atoms with Crippen molar-refractivity contribution < 1.29 is 23.6 Å². The van der Waals surface area contributed by atoms with E-state index in [2.05, 4.69) is 0 Å². The lowest BCUT2D eigenvalue weighted by Gasteiger charge is -2.21. The first-order valence-corrected chi connectivity index (χ1v) is 12.3. The summed E-state index contributed by atoms with van der Waals surface area (Å²) in [4.78, 5) is 27.4. The summed E-state index contributed by atoms with van der Waals surface area (Å²) >= 11 is 0. The van der Waals surface area contributed by atoms with Gasteiger partial charge in [0.1, 0.15) is 17.1 Å². The average Bonchev–Trinajstić information content (AvgIpc) is 2.72. The van der Waals surface area contributed by atoms with Crippen LogP contribution in [0.2, 0.25) is 0 Å². The van der Waals surface area contributed by atoms with Gasteiger partial charge in [-0.3, -0.25) is 9.59 Å². The molecule has 2 rings (SSSR count). The van der Waals surface area contributed by atoms with Crippen LogP contribution in [0, 0.1) is 13.8 Å². The minimum Gasteiger partial charge on any atom is -0.493 e. The Morgan fingerprint density at radius 3 is 1.73 bits per heavy atom. The molecule has 0 aliphatic rings. The Labute approximate surface area is 179 Å². The number of ether oxygens (including phenoxy) is 2. The zero-order valence-corrected chi connectivity index (χ0v) is 19.4. The molecule has 0 aliphatic carbocycles. The van der Waals surface area contributed by atoms with Gasteiger partial charge in [-0.15, -0.1) is 0 Å². The second kappa shape index (κ2) is 10.6. The van der Waals surface area contributed by atoms with E-state index in [-0.39, 0.29) is 11.7 Å². The molecule has 6 heteroatoms. The molecule has 2 aromatic carbocycles. The fourth-order valence-electron chi connectivity index (χ4n) is 3.46. The molecule has 0 saturated carbocycles. The van der Waals surface area contributed by atoms with Gasteiger partial charge in [-0.25, -0.2) is 0 Å². The van der Waals surface area contributed by atoms with E-state index in [9.17, 15) is 14.2 Å². The van der Waals surface area contributed by atoms with Gasteiger partial charge >= 0.3 is 0 Å². The van der Waals surface area contributed by atoms with Gasteiger partial charge in [-0.2, -0.15) is 0 Å². The predicted molar refractivity (Wildman–Crippen MR) is 121 cm³/mol. The van der Waals surface area contributed by atoms with Crippen LogP contribution in [0.3, 0.4) is 0 Å². The normalized spacial score (nSPS) is 12.8. The summed E-state index contributed by atoms with van der Waals surface area (Å²) in [7, 11) is -3.95. The maximum Gasteiger partial charge on any atom is 0.236 e. The molecule has 0 radical (unpaired) electrons. The number of unbranched alkanes of at least 4 members (excludes halogenated alkanes) is 1. The first-order chi connectivity index (χ1) is 14.3. The summed E-state index contributed by atoms with van der Waals surface area (Å²) in [5.74, 6) is 0.582. The van der Waals surface area contributed by atoms with Crippen LogP contribution in [0.25, 0.3) is 0 Å². The van der Waals surface area contributed by atoms with Crippen LogP contribution in [0.15, 0.2) is 36.4 Å². The number of aryl methyl sites for hydroxylation is 2. The number of hydrogen-bond acceptors (Lipinski definition) is 5. The maximum atomic E-state index is 14.2. The van der Waals surface area contributed by atoms with Gasteiger partial charge in [0.2, 0.25) is 18.2 Å². The summed E-state index contributed by atoms with van der Waals surface area (Å²) in [6, 6.07) is 10.5. The highest BCUT2D eigenvalue weighted by atomic mass is 31.2. The highest BCUT2D eigenvalue weighted by Crippen LogP contribution is 2.55. The summed E-state index contributed by atoms with van der Waals surface area (Å²) in [6.07, 6.45) is 1.27. The molecule has 0 spiro atoms. The van der Waals surface area contributed by atoms with Crippen molar-refractivity contribution in [3.63, 3.8) is 0 Å². The monoisotopic (exact) mass is 430 g/mol. The molecule has 5 nitrogen and oxygen atoms in total. The molecule has 0 aromatic heterocycles. The van der Waals surface area contributed by atoms with Crippen molar-refractivity contribution in [1.29, 1.82) is 0 Å². The smallest absolute Gasteiger partial charge is 0.236 e. The van der Waals surface area contributed by atoms with Crippen LogP contribution < -0.4 is 9.47 Å². The first-order valence-electron chi connectivity index (χ1n) is 10.4. The SMILES string of the molecule is CCCCP(=O)(C(=O)c1c(C)cccc1C)C(=O)c1c(OCC)cccc1OCC. The van der Waals surface area contributed by atoms with E-state index in [0.717, 1.165) is 6.42 Å². The van der Waals surface area contributed by atoms with Gasteiger partial charge in [0.05, 0.1) is 13.2 Å². The fraction of sp³-hybridized carbons (Fsp3) is 0.417. The summed E-state index contributed by atoms with van der Waals surface area (Å²) in [5.41, 5.74) is 0.638. The molecular formula is C24H31O5P. The van der Waals surface area contributed by atoms with Gasteiger partial charge in [0, 0.05) is 11.7 Å². The van der Waals surface area contributed by atoms with Gasteiger partial charge in [0.25, 0.3) is 0 Å². The van der Waals surface area contributed by atoms with Crippen molar-refractivity contribution >= 4 is 18.2 Å². The van der Waals surface area contributed by atoms with Gasteiger partial charge in [0.15, 0.2) is 0 Å². The maximum absolute atomic E-state index is 14.2. The number of benzene rings is 2. The molecule has 1 atom stereocenters. The van der Waals surface area contributed by atoms with Crippen molar-refractivity contribution in [2.24, 2.45) is 0 Å². The van der Waals surface area contributed by atoms with Crippen molar-refractivity contribution in [3.05, 3.63) is 58.7 Å². The molecule has 0 saturated heterocycles. The first kappa shape index (κ1) is 23.9. The molecular weight excluding hydrogens is 399 g/mol. The van der Waals surface area contributed by atoms with Crippen molar-refractivity contribution in [2.75, 3.05) is 19.4 Å². The van der Waals surface area contributed by atoms with Crippen molar-refractivity contribution in [3.8, 4) is 11.5 Å².